The Hall–Kier alpha value is -3.26. The summed E-state index contributed by atoms with van der Waals surface area (Å²) >= 11 is 0. The van der Waals surface area contributed by atoms with Gasteiger partial charge in [0, 0.05) is 49.0 Å². The first-order valence-corrected chi connectivity index (χ1v) is 13.0. The van der Waals surface area contributed by atoms with Gasteiger partial charge in [-0.3, -0.25) is 19.3 Å². The van der Waals surface area contributed by atoms with Crippen LogP contribution in [0, 0.1) is 11.7 Å². The SMILES string of the molecule is O=C1NCCCN(C(=O)c2cccc(F)c2)CCCN2C(=O)[C@@]3(c4ccccc42)[C@H]1C[C@@H]1CCCN13. The number of carbonyl (C=O) groups is 3. The lowest BCUT2D eigenvalue weighted by Gasteiger charge is -2.37. The Kier molecular flexibility index (Phi) is 5.79. The number of nitrogens with one attached hydrogen (secondary N) is 1. The van der Waals surface area contributed by atoms with Crippen molar-refractivity contribution >= 4 is 23.4 Å². The highest BCUT2D eigenvalue weighted by Crippen LogP contribution is 2.57. The second-order valence-corrected chi connectivity index (χ2v) is 10.3. The summed E-state index contributed by atoms with van der Waals surface area (Å²) in [6.45, 7) is 2.58. The number of halogens is 1. The van der Waals surface area contributed by atoms with E-state index in [2.05, 4.69) is 10.2 Å². The monoisotopic (exact) mass is 490 g/mol. The van der Waals surface area contributed by atoms with Crippen LogP contribution in [0.5, 0.6) is 0 Å². The Morgan fingerprint density at radius 1 is 0.972 bits per heavy atom. The number of hydrogen-bond donors (Lipinski definition) is 1. The van der Waals surface area contributed by atoms with E-state index < -0.39 is 17.3 Å². The van der Waals surface area contributed by atoms with Gasteiger partial charge in [-0.15, -0.1) is 0 Å². The summed E-state index contributed by atoms with van der Waals surface area (Å²) in [7, 11) is 0. The van der Waals surface area contributed by atoms with Crippen LogP contribution in [-0.2, 0) is 15.1 Å². The van der Waals surface area contributed by atoms with Crippen LogP contribution in [0.3, 0.4) is 0 Å². The predicted molar refractivity (Wildman–Crippen MR) is 133 cm³/mol. The van der Waals surface area contributed by atoms with Gasteiger partial charge in [-0.05, 0) is 62.9 Å². The number of para-hydroxylation sites is 1. The molecule has 3 saturated heterocycles. The summed E-state index contributed by atoms with van der Waals surface area (Å²) in [5.74, 6) is -1.23. The number of amides is 3. The van der Waals surface area contributed by atoms with E-state index in [1.807, 2.05) is 29.2 Å². The summed E-state index contributed by atoms with van der Waals surface area (Å²) in [6, 6.07) is 13.8. The smallest absolute Gasteiger partial charge is 0.253 e. The molecule has 6 rings (SSSR count). The van der Waals surface area contributed by atoms with Gasteiger partial charge in [0.1, 0.15) is 11.4 Å². The van der Waals surface area contributed by atoms with Crippen molar-refractivity contribution in [1.29, 1.82) is 0 Å². The quantitative estimate of drug-likeness (QED) is 0.667. The van der Waals surface area contributed by atoms with E-state index in [0.29, 0.717) is 51.0 Å². The number of nitrogens with zero attached hydrogens (tertiary/aromatic N) is 3. The molecule has 3 amide bonds. The van der Waals surface area contributed by atoms with Crippen LogP contribution >= 0.6 is 0 Å². The van der Waals surface area contributed by atoms with Crippen LogP contribution in [0.15, 0.2) is 48.5 Å². The summed E-state index contributed by atoms with van der Waals surface area (Å²) in [5.41, 5.74) is 1.16. The Labute approximate surface area is 210 Å². The highest BCUT2D eigenvalue weighted by Gasteiger charge is 2.66. The third-order valence-corrected chi connectivity index (χ3v) is 8.41. The number of hydrogen-bond acceptors (Lipinski definition) is 4. The van der Waals surface area contributed by atoms with Crippen molar-refractivity contribution in [2.24, 2.45) is 5.92 Å². The summed E-state index contributed by atoms with van der Waals surface area (Å²) in [5, 5.41) is 3.08. The molecule has 0 aliphatic carbocycles. The molecule has 36 heavy (non-hydrogen) atoms. The maximum Gasteiger partial charge on any atom is 0.253 e. The molecule has 2 aromatic carbocycles. The van der Waals surface area contributed by atoms with Gasteiger partial charge in [-0.2, -0.15) is 0 Å². The van der Waals surface area contributed by atoms with E-state index in [1.54, 1.807) is 11.0 Å². The fourth-order valence-corrected chi connectivity index (χ4v) is 6.93. The summed E-state index contributed by atoms with van der Waals surface area (Å²) < 4.78 is 13.8. The van der Waals surface area contributed by atoms with Crippen LogP contribution in [0.1, 0.15) is 48.0 Å². The standard InChI is InChI=1S/C28H31FN4O3/c29-20-8-3-7-19(17-20)26(35)31-13-5-12-30-25(34)23-18-21-9-4-16-33(21)28(23)22-10-1-2-11-24(22)32(27(28)36)15-6-14-31/h1-3,7-8,10-11,17,21,23H,4-6,9,12-16,18H2,(H,30,34)/t21-,23-,28+/m0/s1. The van der Waals surface area contributed by atoms with E-state index in [1.165, 1.54) is 18.2 Å². The second kappa shape index (κ2) is 9.00. The zero-order valence-corrected chi connectivity index (χ0v) is 20.3. The Balaban J connectivity index is 1.35. The van der Waals surface area contributed by atoms with Gasteiger partial charge >= 0.3 is 0 Å². The molecule has 0 aromatic heterocycles. The first kappa shape index (κ1) is 23.2. The van der Waals surface area contributed by atoms with E-state index in [-0.39, 0.29) is 23.8 Å². The maximum absolute atomic E-state index is 14.3. The largest absolute Gasteiger partial charge is 0.356 e. The Morgan fingerprint density at radius 2 is 1.81 bits per heavy atom. The average Bonchev–Trinajstić information content (AvgIpc) is 3.53. The molecular formula is C28H31FN4O3. The van der Waals surface area contributed by atoms with Gasteiger partial charge in [0.05, 0.1) is 5.92 Å². The van der Waals surface area contributed by atoms with Crippen molar-refractivity contribution in [3.05, 3.63) is 65.5 Å². The van der Waals surface area contributed by atoms with Crippen molar-refractivity contribution < 1.29 is 18.8 Å². The molecule has 2 bridgehead atoms. The number of benzene rings is 2. The molecule has 3 fully saturated rings. The second-order valence-electron chi connectivity index (χ2n) is 10.3. The zero-order valence-electron chi connectivity index (χ0n) is 20.3. The van der Waals surface area contributed by atoms with Crippen LogP contribution in [0.25, 0.3) is 0 Å². The third kappa shape index (κ3) is 3.45. The molecule has 4 aliphatic heterocycles. The van der Waals surface area contributed by atoms with Crippen molar-refractivity contribution in [1.82, 2.24) is 15.1 Å². The first-order valence-electron chi connectivity index (χ1n) is 13.0. The summed E-state index contributed by atoms with van der Waals surface area (Å²) in [4.78, 5) is 47.0. The van der Waals surface area contributed by atoms with Crippen LogP contribution in [-0.4, -0.2) is 66.3 Å². The molecule has 4 aliphatic rings. The fourth-order valence-electron chi connectivity index (χ4n) is 6.93. The van der Waals surface area contributed by atoms with Crippen LogP contribution < -0.4 is 10.2 Å². The lowest BCUT2D eigenvalue weighted by Crippen LogP contribution is -2.56. The van der Waals surface area contributed by atoms with E-state index in [0.717, 1.165) is 30.6 Å². The first-order chi connectivity index (χ1) is 17.5. The van der Waals surface area contributed by atoms with Crippen molar-refractivity contribution in [3.8, 4) is 0 Å². The Bertz CT molecular complexity index is 1220. The van der Waals surface area contributed by atoms with Gasteiger partial charge in [0.2, 0.25) is 5.91 Å². The van der Waals surface area contributed by atoms with Crippen molar-refractivity contribution in [2.75, 3.05) is 37.6 Å². The van der Waals surface area contributed by atoms with Gasteiger partial charge in [0.25, 0.3) is 11.8 Å². The molecule has 3 atom stereocenters. The normalized spacial score (nSPS) is 28.5. The molecule has 7 nitrogen and oxygen atoms in total. The van der Waals surface area contributed by atoms with E-state index in [9.17, 15) is 18.8 Å². The molecule has 0 saturated carbocycles. The van der Waals surface area contributed by atoms with Crippen LogP contribution in [0.2, 0.25) is 0 Å². The molecule has 1 spiro atoms. The molecule has 4 heterocycles. The zero-order chi connectivity index (χ0) is 24.9. The van der Waals surface area contributed by atoms with Crippen molar-refractivity contribution in [3.63, 3.8) is 0 Å². The third-order valence-electron chi connectivity index (χ3n) is 8.41. The molecule has 2 aromatic rings. The molecule has 188 valence electrons. The minimum atomic E-state index is -0.951. The minimum absolute atomic E-state index is 0.0181. The van der Waals surface area contributed by atoms with Gasteiger partial charge in [-0.1, -0.05) is 24.3 Å². The van der Waals surface area contributed by atoms with Crippen molar-refractivity contribution in [2.45, 2.75) is 43.7 Å². The molecular weight excluding hydrogens is 459 g/mol. The molecule has 0 radical (unpaired) electrons. The van der Waals surface area contributed by atoms with Gasteiger partial charge in [0.15, 0.2) is 0 Å². The lowest BCUT2D eigenvalue weighted by molar-refractivity contribution is -0.138. The van der Waals surface area contributed by atoms with E-state index >= 15 is 0 Å². The molecule has 8 heteroatoms. The number of rotatable bonds is 1. The van der Waals surface area contributed by atoms with Gasteiger partial charge in [-0.25, -0.2) is 4.39 Å². The molecule has 1 N–H and O–H groups in total. The number of fused-ring (bicyclic) bond motifs is 4. The Morgan fingerprint density at radius 3 is 2.67 bits per heavy atom. The minimum Gasteiger partial charge on any atom is -0.356 e. The van der Waals surface area contributed by atoms with Crippen LogP contribution in [0.4, 0.5) is 10.1 Å². The van der Waals surface area contributed by atoms with Gasteiger partial charge < -0.3 is 15.1 Å². The lowest BCUT2D eigenvalue weighted by atomic mass is 9.78. The average molecular weight is 491 g/mol. The van der Waals surface area contributed by atoms with E-state index in [4.69, 9.17) is 0 Å². The number of anilines is 1. The fraction of sp³-hybridized carbons (Fsp3) is 0.464. The topological polar surface area (TPSA) is 73.0 Å². The highest BCUT2D eigenvalue weighted by atomic mass is 19.1. The molecule has 0 unspecified atom stereocenters. The highest BCUT2D eigenvalue weighted by molar-refractivity contribution is 6.11. The predicted octanol–water partition coefficient (Wildman–Crippen LogP) is 2.90. The number of carbonyl (C=O) groups excluding carboxylic acids is 3. The summed E-state index contributed by atoms with van der Waals surface area (Å²) in [6.07, 6.45) is 3.91. The maximum atomic E-state index is 14.3.